The minimum Gasteiger partial charge on any atom is -0.354 e. The van der Waals surface area contributed by atoms with Gasteiger partial charge in [0.05, 0.1) is 16.1 Å². The summed E-state index contributed by atoms with van der Waals surface area (Å²) in [6, 6.07) is 12.3. The van der Waals surface area contributed by atoms with Gasteiger partial charge in [0, 0.05) is 27.9 Å². The summed E-state index contributed by atoms with van der Waals surface area (Å²) in [5, 5.41) is 4.12. The summed E-state index contributed by atoms with van der Waals surface area (Å²) < 4.78 is 0. The SMILES string of the molecule is Cc1ccc2[nH]c3c4cccc(Cl)c4ncc3c2c1. The van der Waals surface area contributed by atoms with Crippen molar-refractivity contribution in [1.29, 1.82) is 0 Å². The molecule has 0 spiro atoms. The van der Waals surface area contributed by atoms with Crippen molar-refractivity contribution in [2.24, 2.45) is 0 Å². The third kappa shape index (κ3) is 1.47. The number of para-hydroxylation sites is 1. The summed E-state index contributed by atoms with van der Waals surface area (Å²) in [6.45, 7) is 2.10. The molecule has 0 bridgehead atoms. The molecule has 0 amide bonds. The topological polar surface area (TPSA) is 28.7 Å². The van der Waals surface area contributed by atoms with E-state index in [9.17, 15) is 0 Å². The van der Waals surface area contributed by atoms with Gasteiger partial charge in [-0.3, -0.25) is 4.98 Å². The number of aromatic nitrogens is 2. The van der Waals surface area contributed by atoms with Gasteiger partial charge in [0.15, 0.2) is 0 Å². The van der Waals surface area contributed by atoms with Crippen LogP contribution in [-0.2, 0) is 0 Å². The Balaban J connectivity index is 2.28. The maximum absolute atomic E-state index is 6.20. The van der Waals surface area contributed by atoms with E-state index < -0.39 is 0 Å². The number of aromatic amines is 1. The first-order valence-corrected chi connectivity index (χ1v) is 6.57. The van der Waals surface area contributed by atoms with E-state index in [1.54, 1.807) is 0 Å². The van der Waals surface area contributed by atoms with E-state index in [1.807, 2.05) is 18.3 Å². The van der Waals surface area contributed by atoms with E-state index in [1.165, 1.54) is 10.9 Å². The lowest BCUT2D eigenvalue weighted by molar-refractivity contribution is 1.44. The molecule has 2 aromatic carbocycles. The minimum absolute atomic E-state index is 0.689. The molecule has 2 heterocycles. The molecule has 0 aliphatic heterocycles. The Bertz CT molecular complexity index is 938. The van der Waals surface area contributed by atoms with Gasteiger partial charge in [0.1, 0.15) is 0 Å². The van der Waals surface area contributed by atoms with Gasteiger partial charge in [-0.1, -0.05) is 35.4 Å². The molecule has 0 aliphatic rings. The molecule has 0 radical (unpaired) electrons. The molecule has 4 aromatic rings. The van der Waals surface area contributed by atoms with Crippen LogP contribution in [0.5, 0.6) is 0 Å². The molecule has 1 N–H and O–H groups in total. The van der Waals surface area contributed by atoms with Gasteiger partial charge >= 0.3 is 0 Å². The van der Waals surface area contributed by atoms with Gasteiger partial charge in [-0.05, 0) is 25.1 Å². The first-order valence-electron chi connectivity index (χ1n) is 6.19. The van der Waals surface area contributed by atoms with Gasteiger partial charge in [-0.2, -0.15) is 0 Å². The van der Waals surface area contributed by atoms with Gasteiger partial charge < -0.3 is 4.98 Å². The summed E-state index contributed by atoms with van der Waals surface area (Å²) in [6.07, 6.45) is 1.90. The monoisotopic (exact) mass is 266 g/mol. The first-order chi connectivity index (χ1) is 9.24. The van der Waals surface area contributed by atoms with Gasteiger partial charge in [0.25, 0.3) is 0 Å². The zero-order chi connectivity index (χ0) is 13.0. The van der Waals surface area contributed by atoms with Crippen molar-refractivity contribution in [3.05, 3.63) is 53.2 Å². The van der Waals surface area contributed by atoms with E-state index in [-0.39, 0.29) is 0 Å². The fourth-order valence-corrected chi connectivity index (χ4v) is 2.87. The van der Waals surface area contributed by atoms with E-state index in [0.29, 0.717) is 5.02 Å². The van der Waals surface area contributed by atoms with Crippen molar-refractivity contribution in [2.75, 3.05) is 0 Å². The normalized spacial score (nSPS) is 11.7. The second kappa shape index (κ2) is 3.72. The Labute approximate surface area is 115 Å². The van der Waals surface area contributed by atoms with Crippen molar-refractivity contribution < 1.29 is 0 Å². The highest BCUT2D eigenvalue weighted by atomic mass is 35.5. The second-order valence-corrected chi connectivity index (χ2v) is 5.26. The Kier molecular flexibility index (Phi) is 2.12. The van der Waals surface area contributed by atoms with Crippen LogP contribution in [0.15, 0.2) is 42.6 Å². The molecular weight excluding hydrogens is 256 g/mol. The third-order valence-electron chi connectivity index (χ3n) is 3.57. The lowest BCUT2D eigenvalue weighted by atomic mass is 10.1. The molecule has 0 unspecified atom stereocenters. The lowest BCUT2D eigenvalue weighted by Crippen LogP contribution is -1.81. The molecule has 4 rings (SSSR count). The summed E-state index contributed by atoms with van der Waals surface area (Å²) in [5.41, 5.74) is 4.34. The molecule has 0 saturated carbocycles. The highest BCUT2D eigenvalue weighted by Crippen LogP contribution is 2.32. The zero-order valence-electron chi connectivity index (χ0n) is 10.4. The van der Waals surface area contributed by atoms with E-state index in [0.717, 1.165) is 27.3 Å². The fourth-order valence-electron chi connectivity index (χ4n) is 2.65. The minimum atomic E-state index is 0.689. The molecule has 92 valence electrons. The number of rotatable bonds is 0. The number of H-pyrrole nitrogens is 1. The lowest BCUT2D eigenvalue weighted by Gasteiger charge is -2.00. The zero-order valence-corrected chi connectivity index (χ0v) is 11.1. The van der Waals surface area contributed by atoms with Crippen molar-refractivity contribution in [1.82, 2.24) is 9.97 Å². The molecule has 0 saturated heterocycles. The highest BCUT2D eigenvalue weighted by molar-refractivity contribution is 6.36. The number of benzene rings is 2. The standard InChI is InChI=1S/C16H11ClN2/c1-9-5-6-14-11(7-9)12-8-18-16-10(15(12)19-14)3-2-4-13(16)17/h2-8,19H,1H3. The van der Waals surface area contributed by atoms with Crippen LogP contribution in [-0.4, -0.2) is 9.97 Å². The van der Waals surface area contributed by atoms with Crippen molar-refractivity contribution in [3.63, 3.8) is 0 Å². The van der Waals surface area contributed by atoms with E-state index in [4.69, 9.17) is 11.6 Å². The third-order valence-corrected chi connectivity index (χ3v) is 3.88. The first kappa shape index (κ1) is 10.8. The number of pyridine rings is 1. The van der Waals surface area contributed by atoms with Crippen LogP contribution < -0.4 is 0 Å². The van der Waals surface area contributed by atoms with Crippen LogP contribution in [0.25, 0.3) is 32.7 Å². The largest absolute Gasteiger partial charge is 0.354 e. The van der Waals surface area contributed by atoms with Crippen LogP contribution in [0.4, 0.5) is 0 Å². The number of aryl methyl sites for hydroxylation is 1. The molecule has 0 aliphatic carbocycles. The smallest absolute Gasteiger partial charge is 0.0909 e. The Hall–Kier alpha value is -2.06. The predicted molar refractivity (Wildman–Crippen MR) is 80.9 cm³/mol. The van der Waals surface area contributed by atoms with Gasteiger partial charge in [-0.15, -0.1) is 0 Å². The van der Waals surface area contributed by atoms with Crippen LogP contribution in [0, 0.1) is 6.92 Å². The molecule has 0 fully saturated rings. The number of nitrogens with one attached hydrogen (secondary N) is 1. The number of nitrogens with zero attached hydrogens (tertiary/aromatic N) is 1. The quantitative estimate of drug-likeness (QED) is 0.485. The molecule has 19 heavy (non-hydrogen) atoms. The predicted octanol–water partition coefficient (Wildman–Crippen LogP) is 4.83. The van der Waals surface area contributed by atoms with Gasteiger partial charge in [-0.25, -0.2) is 0 Å². The summed E-state index contributed by atoms with van der Waals surface area (Å²) in [4.78, 5) is 7.99. The van der Waals surface area contributed by atoms with Crippen LogP contribution >= 0.6 is 11.6 Å². The maximum atomic E-state index is 6.20. The summed E-state index contributed by atoms with van der Waals surface area (Å²) >= 11 is 6.20. The Morgan fingerprint density at radius 3 is 2.84 bits per heavy atom. The number of hydrogen-bond donors (Lipinski definition) is 1. The van der Waals surface area contributed by atoms with Crippen molar-refractivity contribution >= 4 is 44.3 Å². The summed E-state index contributed by atoms with van der Waals surface area (Å²) in [7, 11) is 0. The second-order valence-electron chi connectivity index (χ2n) is 4.86. The van der Waals surface area contributed by atoms with Crippen molar-refractivity contribution in [2.45, 2.75) is 6.92 Å². The van der Waals surface area contributed by atoms with Crippen LogP contribution in [0.3, 0.4) is 0 Å². The van der Waals surface area contributed by atoms with Crippen LogP contribution in [0.1, 0.15) is 5.56 Å². The number of fused-ring (bicyclic) bond motifs is 5. The van der Waals surface area contributed by atoms with Crippen molar-refractivity contribution in [3.8, 4) is 0 Å². The fraction of sp³-hybridized carbons (Fsp3) is 0.0625. The van der Waals surface area contributed by atoms with Gasteiger partial charge in [0.2, 0.25) is 0 Å². The Morgan fingerprint density at radius 1 is 1.05 bits per heavy atom. The van der Waals surface area contributed by atoms with E-state index >= 15 is 0 Å². The maximum Gasteiger partial charge on any atom is 0.0909 e. The molecule has 2 aromatic heterocycles. The molecule has 2 nitrogen and oxygen atoms in total. The average Bonchev–Trinajstić information content (AvgIpc) is 2.77. The Morgan fingerprint density at radius 2 is 1.95 bits per heavy atom. The molecular formula is C16H11ClN2. The van der Waals surface area contributed by atoms with E-state index in [2.05, 4.69) is 41.2 Å². The molecule has 0 atom stereocenters. The number of halogens is 1. The highest BCUT2D eigenvalue weighted by Gasteiger charge is 2.09. The number of hydrogen-bond acceptors (Lipinski definition) is 1. The summed E-state index contributed by atoms with van der Waals surface area (Å²) in [5.74, 6) is 0. The average molecular weight is 267 g/mol. The molecule has 3 heteroatoms. The van der Waals surface area contributed by atoms with Crippen LogP contribution in [0.2, 0.25) is 5.02 Å².